The van der Waals surface area contributed by atoms with E-state index in [2.05, 4.69) is 26.9 Å². The number of hydrazone groups is 1. The summed E-state index contributed by atoms with van der Waals surface area (Å²) in [5.74, 6) is 0.0526. The van der Waals surface area contributed by atoms with E-state index in [4.69, 9.17) is 0 Å². The summed E-state index contributed by atoms with van der Waals surface area (Å²) in [5, 5.41) is 27.0. The molecule has 2 N–H and O–H groups in total. The van der Waals surface area contributed by atoms with Crippen LogP contribution in [0.5, 0.6) is 0 Å². The third-order valence-electron chi connectivity index (χ3n) is 4.35. The van der Waals surface area contributed by atoms with Gasteiger partial charge in [0.15, 0.2) is 0 Å². The Morgan fingerprint density at radius 2 is 1.84 bits per heavy atom. The van der Waals surface area contributed by atoms with Crippen LogP contribution in [0.3, 0.4) is 0 Å². The number of amides is 1. The van der Waals surface area contributed by atoms with Crippen LogP contribution in [0.2, 0.25) is 0 Å². The van der Waals surface area contributed by atoms with E-state index in [1.54, 1.807) is 24.3 Å². The predicted octanol–water partition coefficient (Wildman–Crippen LogP) is 3.99. The quantitative estimate of drug-likeness (QED) is 0.356. The fraction of sp³-hybridized carbons (Fsp3) is 0.0909. The maximum atomic E-state index is 12.2. The van der Waals surface area contributed by atoms with E-state index in [0.29, 0.717) is 28.2 Å². The minimum absolute atomic E-state index is 0.0206. The topological polar surface area (TPSA) is 133 Å². The third kappa shape index (κ3) is 5.27. The minimum atomic E-state index is -0.488. The Hall–Kier alpha value is -4.58. The molecule has 2 aromatic carbocycles. The summed E-state index contributed by atoms with van der Waals surface area (Å²) in [6, 6.07) is 16.4. The first-order valence-corrected chi connectivity index (χ1v) is 9.20. The molecule has 0 aliphatic carbocycles. The number of nitriles is 1. The van der Waals surface area contributed by atoms with Crippen LogP contribution in [0.1, 0.15) is 32.7 Å². The fourth-order valence-electron chi connectivity index (χ4n) is 2.82. The molecule has 3 aromatic rings. The van der Waals surface area contributed by atoms with Crippen LogP contribution in [0.25, 0.3) is 0 Å². The van der Waals surface area contributed by atoms with Gasteiger partial charge >= 0.3 is 0 Å². The number of aromatic nitrogens is 1. The van der Waals surface area contributed by atoms with Crippen molar-refractivity contribution in [1.29, 1.82) is 5.26 Å². The van der Waals surface area contributed by atoms with E-state index in [1.807, 2.05) is 19.9 Å². The Labute approximate surface area is 178 Å². The second-order valence-electron chi connectivity index (χ2n) is 6.67. The van der Waals surface area contributed by atoms with Crippen molar-refractivity contribution >= 4 is 29.3 Å². The number of carbonyl (C=O) groups excluding carboxylic acids is 1. The van der Waals surface area contributed by atoms with Gasteiger partial charge in [0, 0.05) is 29.1 Å². The highest BCUT2D eigenvalue weighted by atomic mass is 16.6. The molecule has 0 aliphatic heterocycles. The van der Waals surface area contributed by atoms with Crippen molar-refractivity contribution in [2.45, 2.75) is 13.8 Å². The summed E-state index contributed by atoms with van der Waals surface area (Å²) >= 11 is 0. The van der Waals surface area contributed by atoms with Crippen LogP contribution in [-0.2, 0) is 0 Å². The van der Waals surface area contributed by atoms with Crippen molar-refractivity contribution in [3.05, 3.63) is 92.7 Å². The highest BCUT2D eigenvalue weighted by Gasteiger charge is 2.10. The Balaban J connectivity index is 1.64. The molecule has 9 heteroatoms. The van der Waals surface area contributed by atoms with E-state index in [0.717, 1.165) is 11.3 Å². The summed E-state index contributed by atoms with van der Waals surface area (Å²) < 4.78 is 0. The van der Waals surface area contributed by atoms with Gasteiger partial charge in [-0.3, -0.25) is 14.9 Å². The summed E-state index contributed by atoms with van der Waals surface area (Å²) in [6.45, 7) is 3.70. The van der Waals surface area contributed by atoms with Crippen LogP contribution >= 0.6 is 0 Å². The van der Waals surface area contributed by atoms with Crippen LogP contribution in [0.15, 0.2) is 59.7 Å². The van der Waals surface area contributed by atoms with Crippen molar-refractivity contribution in [2.24, 2.45) is 5.10 Å². The maximum absolute atomic E-state index is 12.2. The van der Waals surface area contributed by atoms with Crippen molar-refractivity contribution in [3.8, 4) is 6.07 Å². The number of anilines is 2. The molecule has 1 aromatic heterocycles. The lowest BCUT2D eigenvalue weighted by molar-refractivity contribution is -0.384. The SMILES string of the molecule is Cc1cc(C)c(C#N)c(Nc2ccc(C(=O)NN=Cc3ccc([N+](=O)[O-])cc3)cc2)n1. The Bertz CT molecular complexity index is 1200. The number of non-ortho nitro benzene ring substituents is 1. The van der Waals surface area contributed by atoms with Crippen LogP contribution in [0.4, 0.5) is 17.2 Å². The van der Waals surface area contributed by atoms with Crippen molar-refractivity contribution < 1.29 is 9.72 Å². The van der Waals surface area contributed by atoms with Crippen molar-refractivity contribution in [2.75, 3.05) is 5.32 Å². The molecule has 0 spiro atoms. The highest BCUT2D eigenvalue weighted by Crippen LogP contribution is 2.22. The van der Waals surface area contributed by atoms with Crippen molar-refractivity contribution in [1.82, 2.24) is 10.4 Å². The molecule has 0 fully saturated rings. The molecule has 9 nitrogen and oxygen atoms in total. The second-order valence-corrected chi connectivity index (χ2v) is 6.67. The number of pyridine rings is 1. The van der Waals surface area contributed by atoms with Gasteiger partial charge in [0.1, 0.15) is 11.9 Å². The van der Waals surface area contributed by atoms with Crippen LogP contribution in [-0.4, -0.2) is 22.0 Å². The van der Waals surface area contributed by atoms with Gasteiger partial charge in [0.05, 0.1) is 16.7 Å². The van der Waals surface area contributed by atoms with Gasteiger partial charge < -0.3 is 5.32 Å². The zero-order chi connectivity index (χ0) is 22.4. The molecule has 0 saturated heterocycles. The summed E-state index contributed by atoms with van der Waals surface area (Å²) in [7, 11) is 0. The number of aryl methyl sites for hydroxylation is 2. The molecule has 1 heterocycles. The first-order chi connectivity index (χ1) is 14.9. The van der Waals surface area contributed by atoms with Crippen LogP contribution in [0, 0.1) is 35.3 Å². The number of hydrogen-bond acceptors (Lipinski definition) is 7. The van der Waals surface area contributed by atoms with Gasteiger partial charge in [-0.2, -0.15) is 10.4 Å². The summed E-state index contributed by atoms with van der Waals surface area (Å²) in [6.07, 6.45) is 1.40. The number of benzene rings is 2. The number of carbonyl (C=O) groups is 1. The number of nitro benzene ring substituents is 1. The Kier molecular flexibility index (Phi) is 6.33. The molecule has 3 rings (SSSR count). The fourth-order valence-corrected chi connectivity index (χ4v) is 2.82. The maximum Gasteiger partial charge on any atom is 0.271 e. The van der Waals surface area contributed by atoms with Gasteiger partial charge in [-0.1, -0.05) is 0 Å². The normalized spacial score (nSPS) is 10.5. The highest BCUT2D eigenvalue weighted by molar-refractivity contribution is 5.95. The molecule has 0 bridgehead atoms. The molecule has 154 valence electrons. The molecular weight excluding hydrogens is 396 g/mol. The van der Waals surface area contributed by atoms with Gasteiger partial charge in [0.2, 0.25) is 0 Å². The van der Waals surface area contributed by atoms with E-state index in [9.17, 15) is 20.2 Å². The lowest BCUT2D eigenvalue weighted by Crippen LogP contribution is -2.17. The third-order valence-corrected chi connectivity index (χ3v) is 4.35. The number of nitrogens with zero attached hydrogens (tertiary/aromatic N) is 4. The Morgan fingerprint density at radius 3 is 2.45 bits per heavy atom. The summed E-state index contributed by atoms with van der Waals surface area (Å²) in [4.78, 5) is 26.8. The average Bonchev–Trinajstić information content (AvgIpc) is 2.74. The van der Waals surface area contributed by atoms with Gasteiger partial charge in [-0.15, -0.1) is 0 Å². The monoisotopic (exact) mass is 414 g/mol. The van der Waals surface area contributed by atoms with E-state index >= 15 is 0 Å². The first-order valence-electron chi connectivity index (χ1n) is 9.20. The zero-order valence-electron chi connectivity index (χ0n) is 16.8. The number of nitro groups is 1. The molecular formula is C22H18N6O3. The van der Waals surface area contributed by atoms with E-state index in [1.165, 1.54) is 30.5 Å². The number of nitrogens with one attached hydrogen (secondary N) is 2. The molecule has 0 unspecified atom stereocenters. The van der Waals surface area contributed by atoms with Gasteiger partial charge in [0.25, 0.3) is 11.6 Å². The molecule has 31 heavy (non-hydrogen) atoms. The smallest absolute Gasteiger partial charge is 0.271 e. The number of hydrogen-bond donors (Lipinski definition) is 2. The molecule has 0 saturated carbocycles. The first kappa shape index (κ1) is 21.1. The zero-order valence-corrected chi connectivity index (χ0v) is 16.8. The molecule has 0 radical (unpaired) electrons. The largest absolute Gasteiger partial charge is 0.339 e. The molecule has 1 amide bonds. The van der Waals surface area contributed by atoms with Crippen molar-refractivity contribution in [3.63, 3.8) is 0 Å². The molecule has 0 atom stereocenters. The van der Waals surface area contributed by atoms with Gasteiger partial charge in [-0.25, -0.2) is 10.4 Å². The second kappa shape index (κ2) is 9.28. The molecule has 0 aliphatic rings. The Morgan fingerprint density at radius 1 is 1.16 bits per heavy atom. The summed E-state index contributed by atoms with van der Waals surface area (Å²) in [5.41, 5.74) is 6.16. The van der Waals surface area contributed by atoms with E-state index in [-0.39, 0.29) is 5.69 Å². The minimum Gasteiger partial charge on any atom is -0.339 e. The van der Waals surface area contributed by atoms with Crippen LogP contribution < -0.4 is 10.7 Å². The predicted molar refractivity (Wildman–Crippen MR) is 116 cm³/mol. The van der Waals surface area contributed by atoms with E-state index < -0.39 is 10.8 Å². The lowest BCUT2D eigenvalue weighted by Gasteiger charge is -2.10. The van der Waals surface area contributed by atoms with Gasteiger partial charge in [-0.05, 0) is 67.4 Å². The number of rotatable bonds is 6. The lowest BCUT2D eigenvalue weighted by atomic mass is 10.1. The average molecular weight is 414 g/mol. The standard InChI is InChI=1S/C22H18N6O3/c1-14-11-15(2)25-21(20(14)12-23)26-18-7-5-17(6-8-18)22(29)27-24-13-16-3-9-19(10-4-16)28(30)31/h3-11,13H,1-2H3,(H,25,26)(H,27,29).